The molecule has 2 aromatic carbocycles. The van der Waals surface area contributed by atoms with E-state index < -0.39 is 16.1 Å². The number of anilines is 2. The Balaban J connectivity index is 2.33. The first-order valence-corrected chi connectivity index (χ1v) is 9.69. The molecule has 9 nitrogen and oxygen atoms in total. The fraction of sp³-hybridized carbons (Fsp3) is 0.278. The fourth-order valence-corrected chi connectivity index (χ4v) is 3.42. The molecule has 0 fully saturated rings. The van der Waals surface area contributed by atoms with Gasteiger partial charge in [-0.1, -0.05) is 0 Å². The van der Waals surface area contributed by atoms with Gasteiger partial charge in [0.15, 0.2) is 11.5 Å². The number of hydrogen-bond acceptors (Lipinski definition) is 7. The number of sulfonamides is 1. The normalized spacial score (nSPS) is 10.7. The summed E-state index contributed by atoms with van der Waals surface area (Å²) in [6, 6.07) is 8.69. The predicted octanol–water partition coefficient (Wildman–Crippen LogP) is 3.08. The number of carbonyl (C=O) groups is 1. The second kappa shape index (κ2) is 9.18. The van der Waals surface area contributed by atoms with Crippen LogP contribution in [-0.4, -0.2) is 42.4 Å². The van der Waals surface area contributed by atoms with E-state index in [-0.39, 0.29) is 28.6 Å². The molecule has 0 aliphatic heterocycles. The van der Waals surface area contributed by atoms with Crippen molar-refractivity contribution < 1.29 is 32.2 Å². The van der Waals surface area contributed by atoms with Crippen LogP contribution in [0.15, 0.2) is 41.3 Å². The molecule has 152 valence electrons. The zero-order valence-electron chi connectivity index (χ0n) is 15.9. The summed E-state index contributed by atoms with van der Waals surface area (Å²) < 4.78 is 48.2. The standard InChI is InChI=1S/C18H22N2O7S/c1-5-27-18(21)19-14-11-13(7-9-15(14)24-2)28(22,23)20-12-6-8-16(25-3)17(10-12)26-4/h6-11,20H,5H2,1-4H3,(H,19,21). The molecule has 2 N–H and O–H groups in total. The quantitative estimate of drug-likeness (QED) is 0.688. The topological polar surface area (TPSA) is 112 Å². The molecule has 0 saturated heterocycles. The second-order valence-corrected chi connectivity index (χ2v) is 7.07. The summed E-state index contributed by atoms with van der Waals surface area (Å²) in [4.78, 5) is 11.6. The minimum absolute atomic E-state index is 0.0742. The van der Waals surface area contributed by atoms with Gasteiger partial charge in [-0.25, -0.2) is 13.2 Å². The van der Waals surface area contributed by atoms with Crippen molar-refractivity contribution in [1.29, 1.82) is 0 Å². The Morgan fingerprint density at radius 1 is 0.929 bits per heavy atom. The maximum absolute atomic E-state index is 12.8. The van der Waals surface area contributed by atoms with Crippen LogP contribution in [0.3, 0.4) is 0 Å². The Morgan fingerprint density at radius 3 is 2.18 bits per heavy atom. The molecule has 0 saturated carbocycles. The van der Waals surface area contributed by atoms with Crippen molar-refractivity contribution in [1.82, 2.24) is 0 Å². The SMILES string of the molecule is CCOC(=O)Nc1cc(S(=O)(=O)Nc2ccc(OC)c(OC)c2)ccc1OC. The number of ether oxygens (including phenoxy) is 4. The molecule has 0 unspecified atom stereocenters. The van der Waals surface area contributed by atoms with Crippen LogP contribution in [0.25, 0.3) is 0 Å². The molecule has 0 heterocycles. The highest BCUT2D eigenvalue weighted by Crippen LogP contribution is 2.32. The van der Waals surface area contributed by atoms with E-state index in [9.17, 15) is 13.2 Å². The summed E-state index contributed by atoms with van der Waals surface area (Å²) in [5.74, 6) is 1.14. The van der Waals surface area contributed by atoms with Crippen LogP contribution in [0.4, 0.5) is 16.2 Å². The molecule has 0 spiro atoms. The monoisotopic (exact) mass is 410 g/mol. The first-order valence-electron chi connectivity index (χ1n) is 8.21. The number of amides is 1. The van der Waals surface area contributed by atoms with Gasteiger partial charge in [0, 0.05) is 6.07 Å². The number of nitrogens with one attached hydrogen (secondary N) is 2. The Kier molecular flexibility index (Phi) is 6.94. The van der Waals surface area contributed by atoms with E-state index in [0.29, 0.717) is 11.5 Å². The van der Waals surface area contributed by atoms with Gasteiger partial charge < -0.3 is 18.9 Å². The third kappa shape index (κ3) is 4.97. The molecule has 2 rings (SSSR count). The number of carbonyl (C=O) groups excluding carboxylic acids is 1. The van der Waals surface area contributed by atoms with E-state index in [1.165, 1.54) is 45.6 Å². The van der Waals surface area contributed by atoms with E-state index >= 15 is 0 Å². The summed E-state index contributed by atoms with van der Waals surface area (Å²) in [7, 11) is 0.392. The van der Waals surface area contributed by atoms with Gasteiger partial charge in [-0.2, -0.15) is 0 Å². The van der Waals surface area contributed by atoms with Crippen LogP contribution in [0, 0.1) is 0 Å². The largest absolute Gasteiger partial charge is 0.495 e. The molecule has 1 amide bonds. The maximum Gasteiger partial charge on any atom is 0.411 e. The number of hydrogen-bond donors (Lipinski definition) is 2. The van der Waals surface area contributed by atoms with Gasteiger partial charge in [0.1, 0.15) is 5.75 Å². The predicted molar refractivity (Wildman–Crippen MR) is 104 cm³/mol. The zero-order valence-corrected chi connectivity index (χ0v) is 16.8. The summed E-state index contributed by atoms with van der Waals surface area (Å²) in [6.45, 7) is 1.83. The number of benzene rings is 2. The van der Waals surface area contributed by atoms with E-state index in [0.717, 1.165) is 0 Å². The maximum atomic E-state index is 12.8. The molecule has 0 aliphatic carbocycles. The Hall–Kier alpha value is -3.14. The zero-order chi connectivity index (χ0) is 20.7. The Morgan fingerprint density at radius 2 is 1.57 bits per heavy atom. The lowest BCUT2D eigenvalue weighted by molar-refractivity contribution is 0.168. The van der Waals surface area contributed by atoms with Crippen LogP contribution in [0.1, 0.15) is 6.92 Å². The van der Waals surface area contributed by atoms with E-state index in [1.807, 2.05) is 0 Å². The molecule has 28 heavy (non-hydrogen) atoms. The van der Waals surface area contributed by atoms with Crippen molar-refractivity contribution in [3.8, 4) is 17.2 Å². The summed E-state index contributed by atoms with van der Waals surface area (Å²) in [6.07, 6.45) is -0.719. The number of methoxy groups -OCH3 is 3. The highest BCUT2D eigenvalue weighted by molar-refractivity contribution is 7.92. The Bertz CT molecular complexity index is 945. The third-order valence-electron chi connectivity index (χ3n) is 3.63. The van der Waals surface area contributed by atoms with Crippen LogP contribution in [0.2, 0.25) is 0 Å². The van der Waals surface area contributed by atoms with Gasteiger partial charge in [0.25, 0.3) is 10.0 Å². The van der Waals surface area contributed by atoms with Gasteiger partial charge in [0.05, 0.1) is 44.2 Å². The molecule has 0 aliphatic rings. The molecule has 0 radical (unpaired) electrons. The molecule has 0 atom stereocenters. The van der Waals surface area contributed by atoms with Crippen LogP contribution < -0.4 is 24.2 Å². The highest BCUT2D eigenvalue weighted by atomic mass is 32.2. The van der Waals surface area contributed by atoms with Gasteiger partial charge in [-0.15, -0.1) is 0 Å². The fourth-order valence-electron chi connectivity index (χ4n) is 2.34. The van der Waals surface area contributed by atoms with Crippen LogP contribution in [0.5, 0.6) is 17.2 Å². The lowest BCUT2D eigenvalue weighted by Gasteiger charge is -2.14. The highest BCUT2D eigenvalue weighted by Gasteiger charge is 2.19. The summed E-state index contributed by atoms with van der Waals surface area (Å²) >= 11 is 0. The lowest BCUT2D eigenvalue weighted by atomic mass is 10.3. The summed E-state index contributed by atoms with van der Waals surface area (Å²) in [5.41, 5.74) is 0.449. The molecule has 0 bridgehead atoms. The average molecular weight is 410 g/mol. The smallest absolute Gasteiger partial charge is 0.411 e. The minimum atomic E-state index is -3.95. The van der Waals surface area contributed by atoms with Gasteiger partial charge in [-0.3, -0.25) is 10.0 Å². The van der Waals surface area contributed by atoms with E-state index in [1.54, 1.807) is 19.1 Å². The molecule has 0 aromatic heterocycles. The first kappa shape index (κ1) is 21.2. The van der Waals surface area contributed by atoms with Crippen molar-refractivity contribution in [2.45, 2.75) is 11.8 Å². The molecular weight excluding hydrogens is 388 g/mol. The van der Waals surface area contributed by atoms with Crippen molar-refractivity contribution in [2.75, 3.05) is 38.0 Å². The molecular formula is C18H22N2O7S. The van der Waals surface area contributed by atoms with Crippen molar-refractivity contribution in [3.05, 3.63) is 36.4 Å². The number of rotatable bonds is 8. The second-order valence-electron chi connectivity index (χ2n) is 5.38. The molecule has 2 aromatic rings. The Labute approximate surface area is 163 Å². The van der Waals surface area contributed by atoms with E-state index in [2.05, 4.69) is 10.0 Å². The van der Waals surface area contributed by atoms with Crippen LogP contribution >= 0.6 is 0 Å². The van der Waals surface area contributed by atoms with Crippen molar-refractivity contribution >= 4 is 27.5 Å². The lowest BCUT2D eigenvalue weighted by Crippen LogP contribution is -2.16. The van der Waals surface area contributed by atoms with Crippen molar-refractivity contribution in [3.63, 3.8) is 0 Å². The molecule has 10 heteroatoms. The van der Waals surface area contributed by atoms with E-state index in [4.69, 9.17) is 18.9 Å². The first-order chi connectivity index (χ1) is 13.3. The third-order valence-corrected chi connectivity index (χ3v) is 5.01. The van der Waals surface area contributed by atoms with Gasteiger partial charge >= 0.3 is 6.09 Å². The van der Waals surface area contributed by atoms with Crippen LogP contribution in [-0.2, 0) is 14.8 Å². The van der Waals surface area contributed by atoms with Gasteiger partial charge in [-0.05, 0) is 37.3 Å². The summed E-state index contributed by atoms with van der Waals surface area (Å²) in [5, 5.41) is 2.46. The van der Waals surface area contributed by atoms with Crippen molar-refractivity contribution in [2.24, 2.45) is 0 Å². The average Bonchev–Trinajstić information content (AvgIpc) is 2.67. The minimum Gasteiger partial charge on any atom is -0.495 e. The van der Waals surface area contributed by atoms with Gasteiger partial charge in [0.2, 0.25) is 0 Å².